The van der Waals surface area contributed by atoms with Gasteiger partial charge in [0, 0.05) is 24.1 Å². The summed E-state index contributed by atoms with van der Waals surface area (Å²) in [5.74, 6) is -0.942. The number of fused-ring (bicyclic) bond motifs is 1. The van der Waals surface area contributed by atoms with Crippen molar-refractivity contribution in [1.29, 1.82) is 0 Å². The average Bonchev–Trinajstić information content (AvgIpc) is 2.50. The second-order valence-corrected chi connectivity index (χ2v) is 4.93. The molecule has 10 heteroatoms. The Balaban J connectivity index is 2.57. The first-order valence-corrected chi connectivity index (χ1v) is 6.72. The van der Waals surface area contributed by atoms with Crippen molar-refractivity contribution in [3.05, 3.63) is 27.6 Å². The van der Waals surface area contributed by atoms with Crippen LogP contribution in [-0.2, 0) is 27.2 Å². The van der Waals surface area contributed by atoms with Gasteiger partial charge in [-0.3, -0.25) is 20.0 Å². The Labute approximate surface area is 130 Å². The molecule has 3 N–H and O–H groups in total. The lowest BCUT2D eigenvalue weighted by Gasteiger charge is -2.41. The van der Waals surface area contributed by atoms with E-state index in [2.05, 4.69) is 10.1 Å². The summed E-state index contributed by atoms with van der Waals surface area (Å²) in [6, 6.07) is 1.27. The highest BCUT2D eigenvalue weighted by atomic mass is 16.8. The predicted octanol–water partition coefficient (Wildman–Crippen LogP) is 1.06. The van der Waals surface area contributed by atoms with Gasteiger partial charge in [0.15, 0.2) is 0 Å². The molecule has 0 unspecified atom stereocenters. The lowest BCUT2D eigenvalue weighted by atomic mass is 9.95. The van der Waals surface area contributed by atoms with Crippen LogP contribution < -0.4 is 15.8 Å². The average molecular weight is 325 g/mol. The second kappa shape index (κ2) is 6.79. The zero-order valence-electron chi connectivity index (χ0n) is 12.2. The number of amides is 1. The van der Waals surface area contributed by atoms with Gasteiger partial charge in [-0.05, 0) is 24.5 Å². The highest BCUT2D eigenvalue weighted by molar-refractivity contribution is 5.99. The fourth-order valence-corrected chi connectivity index (χ4v) is 2.49. The van der Waals surface area contributed by atoms with Crippen LogP contribution in [0.25, 0.3) is 0 Å². The van der Waals surface area contributed by atoms with Crippen molar-refractivity contribution in [3.63, 3.8) is 0 Å². The van der Waals surface area contributed by atoms with Gasteiger partial charge >= 0.3 is 5.97 Å². The van der Waals surface area contributed by atoms with E-state index in [9.17, 15) is 30.4 Å². The van der Waals surface area contributed by atoms with E-state index in [-0.39, 0.29) is 59.4 Å². The van der Waals surface area contributed by atoms with Crippen molar-refractivity contribution in [2.75, 3.05) is 22.9 Å². The summed E-state index contributed by atoms with van der Waals surface area (Å²) in [6.45, 7) is 0. The van der Waals surface area contributed by atoms with Gasteiger partial charge in [-0.2, -0.15) is 0 Å². The third kappa shape index (κ3) is 3.51. The predicted molar refractivity (Wildman–Crippen MR) is 79.0 cm³/mol. The van der Waals surface area contributed by atoms with E-state index in [1.54, 1.807) is 0 Å². The van der Waals surface area contributed by atoms with Crippen molar-refractivity contribution in [2.24, 2.45) is 0 Å². The van der Waals surface area contributed by atoms with Crippen LogP contribution in [0.5, 0.6) is 0 Å². The fourth-order valence-electron chi connectivity index (χ4n) is 2.49. The Morgan fingerprint density at radius 1 is 1.39 bits per heavy atom. The molecule has 0 bridgehead atoms. The Bertz CT molecular complexity index is 630. The Kier molecular flexibility index (Phi) is 5.01. The van der Waals surface area contributed by atoms with E-state index in [0.717, 1.165) is 0 Å². The summed E-state index contributed by atoms with van der Waals surface area (Å²) in [5, 5.41) is 43.0. The monoisotopic (exact) mass is 325 g/mol. The van der Waals surface area contributed by atoms with Crippen LogP contribution >= 0.6 is 0 Å². The van der Waals surface area contributed by atoms with Crippen LogP contribution in [0.1, 0.15) is 24.0 Å². The maximum atomic E-state index is 11.5. The number of nitrogens with zero attached hydrogens (tertiary/aromatic N) is 2. The van der Waals surface area contributed by atoms with E-state index in [1.807, 2.05) is 0 Å². The number of esters is 1. The largest absolute Gasteiger partial charge is 0.769 e. The van der Waals surface area contributed by atoms with Gasteiger partial charge in [0.25, 0.3) is 0 Å². The Morgan fingerprint density at radius 3 is 2.65 bits per heavy atom. The van der Waals surface area contributed by atoms with Crippen LogP contribution in [0.2, 0.25) is 0 Å². The second-order valence-electron chi connectivity index (χ2n) is 4.93. The molecule has 1 aromatic carbocycles. The van der Waals surface area contributed by atoms with E-state index in [4.69, 9.17) is 0 Å². The number of ether oxygens (including phenoxy) is 1. The third-order valence-corrected chi connectivity index (χ3v) is 3.55. The summed E-state index contributed by atoms with van der Waals surface area (Å²) in [5.41, 5.74) is -0.234. The maximum Gasteiger partial charge on any atom is 0.305 e. The van der Waals surface area contributed by atoms with Gasteiger partial charge in [0.2, 0.25) is 5.91 Å². The van der Waals surface area contributed by atoms with Gasteiger partial charge in [0.1, 0.15) is 5.69 Å². The number of benzene rings is 1. The van der Waals surface area contributed by atoms with Crippen molar-refractivity contribution < 1.29 is 24.7 Å². The lowest BCUT2D eigenvalue weighted by molar-refractivity contribution is -0.140. The van der Waals surface area contributed by atoms with Crippen molar-refractivity contribution in [2.45, 2.75) is 25.7 Å². The number of methoxy groups -OCH3 is 1. The molecule has 0 saturated carbocycles. The molecule has 1 aromatic rings. The summed E-state index contributed by atoms with van der Waals surface area (Å²) in [6.07, 6.45) is 0.0338. The fraction of sp³-hybridized carbons (Fsp3) is 0.385. The molecule has 2 rings (SSSR count). The highest BCUT2D eigenvalue weighted by Gasteiger charge is 2.26. The summed E-state index contributed by atoms with van der Waals surface area (Å²) in [7, 11) is 1.18. The zero-order valence-corrected chi connectivity index (χ0v) is 12.2. The lowest BCUT2D eigenvalue weighted by Crippen LogP contribution is -2.25. The smallest absolute Gasteiger partial charge is 0.305 e. The van der Waals surface area contributed by atoms with Crippen molar-refractivity contribution in [1.82, 2.24) is 0 Å². The minimum absolute atomic E-state index is 0.0775. The number of hydrogen-bond acceptors (Lipinski definition) is 9. The molecular formula is C13H15N3O7-2. The molecule has 0 fully saturated rings. The number of rotatable bonds is 5. The number of carbonyl (C=O) groups excluding carboxylic acids is 2. The molecule has 1 aliphatic rings. The molecule has 10 nitrogen and oxygen atoms in total. The first-order chi connectivity index (χ1) is 10.8. The van der Waals surface area contributed by atoms with E-state index in [1.165, 1.54) is 13.2 Å². The quantitative estimate of drug-likeness (QED) is 0.533. The van der Waals surface area contributed by atoms with Gasteiger partial charge in [-0.15, -0.1) is 5.23 Å². The molecule has 1 heterocycles. The molecule has 0 spiro atoms. The van der Waals surface area contributed by atoms with E-state index in [0.29, 0.717) is 5.56 Å². The first kappa shape index (κ1) is 17.0. The summed E-state index contributed by atoms with van der Waals surface area (Å²) >= 11 is 0. The minimum Gasteiger partial charge on any atom is -0.769 e. The van der Waals surface area contributed by atoms with Crippen LogP contribution in [0.15, 0.2) is 6.07 Å². The topological polar surface area (TPSA) is 148 Å². The Morgan fingerprint density at radius 2 is 2.09 bits per heavy atom. The van der Waals surface area contributed by atoms with Gasteiger partial charge in [-0.25, -0.2) is 0 Å². The first-order valence-electron chi connectivity index (χ1n) is 6.72. The Hall–Kier alpha value is -2.40. The molecule has 0 aromatic heterocycles. The SMILES string of the molecule is COC(=O)CCc1c(N([O-])[O-])cc2c(c1N(O)O)NC(=O)CC2. The molecule has 0 aliphatic carbocycles. The number of aryl methyl sites for hydroxylation is 1. The van der Waals surface area contributed by atoms with Crippen LogP contribution in [0.3, 0.4) is 0 Å². The van der Waals surface area contributed by atoms with Gasteiger partial charge < -0.3 is 25.7 Å². The van der Waals surface area contributed by atoms with Crippen LogP contribution in [0.4, 0.5) is 17.1 Å². The number of carbonyl (C=O) groups is 2. The number of hydrogen-bond donors (Lipinski definition) is 3. The molecule has 1 amide bonds. The van der Waals surface area contributed by atoms with Crippen molar-refractivity contribution in [3.8, 4) is 0 Å². The third-order valence-electron chi connectivity index (χ3n) is 3.55. The molecule has 1 aliphatic heterocycles. The minimum atomic E-state index is -0.670. The molecule has 23 heavy (non-hydrogen) atoms. The highest BCUT2D eigenvalue weighted by Crippen LogP contribution is 2.41. The normalized spacial score (nSPS) is 13.2. The standard InChI is InChI=1S/C13H15N3O7/c1-23-11(18)5-3-8-9(15(19)20)6-7-2-4-10(17)14-12(7)13(8)16(21)22/h6,21-22H,2-5H2,1H3,(H,14,17)/q-2. The van der Waals surface area contributed by atoms with E-state index >= 15 is 0 Å². The summed E-state index contributed by atoms with van der Waals surface area (Å²) in [4.78, 5) is 22.8. The molecule has 0 saturated heterocycles. The number of nitrogens with one attached hydrogen (secondary N) is 1. The molecule has 0 atom stereocenters. The molecular weight excluding hydrogens is 310 g/mol. The number of anilines is 3. The maximum absolute atomic E-state index is 11.5. The summed E-state index contributed by atoms with van der Waals surface area (Å²) < 4.78 is 4.49. The van der Waals surface area contributed by atoms with Gasteiger partial charge in [-0.1, -0.05) is 0 Å². The zero-order chi connectivity index (χ0) is 17.1. The van der Waals surface area contributed by atoms with Crippen molar-refractivity contribution >= 4 is 28.9 Å². The van der Waals surface area contributed by atoms with Crippen LogP contribution in [0, 0.1) is 10.4 Å². The molecule has 126 valence electrons. The van der Waals surface area contributed by atoms with Crippen LogP contribution in [-0.4, -0.2) is 29.4 Å². The van der Waals surface area contributed by atoms with Gasteiger partial charge in [0.05, 0.1) is 12.8 Å². The molecule has 0 radical (unpaired) electrons. The van der Waals surface area contributed by atoms with E-state index < -0.39 is 11.2 Å².